The first kappa shape index (κ1) is 20.3. The molecular formula is C36H23N. The molecule has 0 amide bonds. The lowest BCUT2D eigenvalue weighted by atomic mass is 9.89. The minimum atomic E-state index is 1.14. The largest absolute Gasteiger partial charge is 0.317 e. The van der Waals surface area contributed by atoms with Crippen LogP contribution in [-0.2, 0) is 0 Å². The Kier molecular flexibility index (Phi) is 4.15. The van der Waals surface area contributed by atoms with Crippen LogP contribution >= 0.6 is 0 Å². The number of anilines is 2. The van der Waals surface area contributed by atoms with E-state index in [-0.39, 0.29) is 0 Å². The van der Waals surface area contributed by atoms with Crippen LogP contribution in [0.4, 0.5) is 11.4 Å². The van der Waals surface area contributed by atoms with E-state index in [1.165, 1.54) is 64.6 Å². The summed E-state index contributed by atoms with van der Waals surface area (Å²) in [4.78, 5) is 2.25. The van der Waals surface area contributed by atoms with Gasteiger partial charge in [-0.2, -0.15) is 0 Å². The fourth-order valence-corrected chi connectivity index (χ4v) is 6.33. The van der Waals surface area contributed by atoms with Crippen LogP contribution in [0.15, 0.2) is 134 Å². The summed E-state index contributed by atoms with van der Waals surface area (Å²) in [6.07, 6.45) is 1.95. The zero-order valence-corrected chi connectivity index (χ0v) is 20.3. The molecule has 0 unspecified atom stereocenters. The first-order valence-corrected chi connectivity index (χ1v) is 12.7. The first-order valence-electron chi connectivity index (χ1n) is 12.7. The zero-order valence-electron chi connectivity index (χ0n) is 20.3. The van der Waals surface area contributed by atoms with Gasteiger partial charge in [0.15, 0.2) is 0 Å². The molecule has 1 nitrogen and oxygen atoms in total. The number of nitrogens with zero attached hydrogens (tertiary/aromatic N) is 1. The third kappa shape index (κ3) is 2.80. The van der Waals surface area contributed by atoms with E-state index in [2.05, 4.69) is 133 Å². The smallest absolute Gasteiger partial charge is 0.0534 e. The van der Waals surface area contributed by atoms with Gasteiger partial charge >= 0.3 is 0 Å². The Morgan fingerprint density at radius 3 is 1.70 bits per heavy atom. The average molecular weight is 470 g/mol. The number of benzene rings is 8. The lowest BCUT2D eigenvalue weighted by Gasteiger charge is -2.25. The van der Waals surface area contributed by atoms with Crippen LogP contribution in [0.2, 0.25) is 0 Å². The summed E-state index contributed by atoms with van der Waals surface area (Å²) < 4.78 is 0. The van der Waals surface area contributed by atoms with E-state index >= 15 is 0 Å². The van der Waals surface area contributed by atoms with Crippen LogP contribution in [0.3, 0.4) is 0 Å². The second-order valence-electron chi connectivity index (χ2n) is 9.82. The Morgan fingerprint density at radius 1 is 0.405 bits per heavy atom. The molecule has 8 rings (SSSR count). The highest BCUT2D eigenvalue weighted by atomic mass is 15.1. The quantitative estimate of drug-likeness (QED) is 0.184. The van der Waals surface area contributed by atoms with Crippen molar-refractivity contribution in [1.29, 1.82) is 0 Å². The van der Waals surface area contributed by atoms with E-state index in [0.29, 0.717) is 0 Å². The van der Waals surface area contributed by atoms with Crippen LogP contribution in [0.5, 0.6) is 0 Å². The van der Waals surface area contributed by atoms with Crippen molar-refractivity contribution in [2.24, 2.45) is 0 Å². The van der Waals surface area contributed by atoms with Gasteiger partial charge in [0, 0.05) is 17.0 Å². The summed E-state index contributed by atoms with van der Waals surface area (Å²) in [5.74, 6) is 0. The molecule has 0 spiro atoms. The highest BCUT2D eigenvalue weighted by Gasteiger charge is 2.18. The fourth-order valence-electron chi connectivity index (χ4n) is 6.33. The normalized spacial score (nSPS) is 11.9. The highest BCUT2D eigenvalue weighted by Crippen LogP contribution is 2.45. The molecular weight excluding hydrogens is 446 g/mol. The molecule has 0 bridgehead atoms. The van der Waals surface area contributed by atoms with E-state index in [1.54, 1.807) is 0 Å². The van der Waals surface area contributed by atoms with E-state index in [0.717, 1.165) is 11.4 Å². The maximum Gasteiger partial charge on any atom is 0.0534 e. The molecule has 0 radical (unpaired) electrons. The number of rotatable bonds is 3. The molecule has 37 heavy (non-hydrogen) atoms. The molecule has 8 aromatic rings. The summed E-state index contributed by atoms with van der Waals surface area (Å²) in [6.45, 7) is 4.26. The van der Waals surface area contributed by atoms with Crippen molar-refractivity contribution in [1.82, 2.24) is 0 Å². The van der Waals surface area contributed by atoms with Crippen LogP contribution in [0.1, 0.15) is 0 Å². The molecule has 0 fully saturated rings. The van der Waals surface area contributed by atoms with Crippen molar-refractivity contribution in [2.45, 2.75) is 0 Å². The summed E-state index contributed by atoms with van der Waals surface area (Å²) in [6, 6.07) is 44.2. The molecule has 8 aromatic carbocycles. The van der Waals surface area contributed by atoms with Gasteiger partial charge < -0.3 is 4.90 Å². The van der Waals surface area contributed by atoms with Crippen molar-refractivity contribution in [3.8, 4) is 0 Å². The van der Waals surface area contributed by atoms with Crippen LogP contribution in [0.25, 0.3) is 64.6 Å². The van der Waals surface area contributed by atoms with Gasteiger partial charge in [-0.25, -0.2) is 0 Å². The average Bonchev–Trinajstić information content (AvgIpc) is 2.95. The Hall–Kier alpha value is -4.88. The molecule has 0 saturated carbocycles. The second kappa shape index (κ2) is 7.56. The van der Waals surface area contributed by atoms with Crippen molar-refractivity contribution in [3.05, 3.63) is 134 Å². The van der Waals surface area contributed by atoms with Crippen molar-refractivity contribution in [2.75, 3.05) is 4.90 Å². The highest BCUT2D eigenvalue weighted by molar-refractivity contribution is 6.34. The van der Waals surface area contributed by atoms with Gasteiger partial charge in [0.2, 0.25) is 0 Å². The molecule has 172 valence electrons. The lowest BCUT2D eigenvalue weighted by Crippen LogP contribution is -2.09. The maximum absolute atomic E-state index is 4.26. The summed E-state index contributed by atoms with van der Waals surface area (Å²) in [5, 5.41) is 15.3. The SMILES string of the molecule is C=CN(c1cccc2cc3ccccc3cc12)c1ccc2c3cccc4cccc(c5cccc1c52)c43. The van der Waals surface area contributed by atoms with E-state index in [4.69, 9.17) is 0 Å². The van der Waals surface area contributed by atoms with Crippen LogP contribution in [-0.4, -0.2) is 0 Å². The van der Waals surface area contributed by atoms with Gasteiger partial charge in [0.25, 0.3) is 0 Å². The molecule has 0 aliphatic rings. The Morgan fingerprint density at radius 2 is 0.946 bits per heavy atom. The molecule has 0 saturated heterocycles. The van der Waals surface area contributed by atoms with E-state index in [9.17, 15) is 0 Å². The summed E-state index contributed by atoms with van der Waals surface area (Å²) in [5.41, 5.74) is 2.28. The zero-order chi connectivity index (χ0) is 24.5. The first-order chi connectivity index (χ1) is 18.3. The predicted molar refractivity (Wildman–Crippen MR) is 161 cm³/mol. The molecule has 0 heterocycles. The van der Waals surface area contributed by atoms with Crippen LogP contribution in [0, 0.1) is 0 Å². The van der Waals surface area contributed by atoms with Gasteiger partial charge in [-0.15, -0.1) is 0 Å². The summed E-state index contributed by atoms with van der Waals surface area (Å²) >= 11 is 0. The van der Waals surface area contributed by atoms with Gasteiger partial charge in [-0.1, -0.05) is 104 Å². The molecule has 0 aromatic heterocycles. The lowest BCUT2D eigenvalue weighted by molar-refractivity contribution is 1.33. The van der Waals surface area contributed by atoms with Gasteiger partial charge in [0.05, 0.1) is 11.4 Å². The Bertz CT molecular complexity index is 2120. The Balaban J connectivity index is 1.46. The topological polar surface area (TPSA) is 3.24 Å². The number of hydrogen-bond acceptors (Lipinski definition) is 1. The molecule has 0 aliphatic heterocycles. The second-order valence-corrected chi connectivity index (χ2v) is 9.82. The van der Waals surface area contributed by atoms with Crippen molar-refractivity contribution in [3.63, 3.8) is 0 Å². The van der Waals surface area contributed by atoms with Crippen molar-refractivity contribution < 1.29 is 0 Å². The monoisotopic (exact) mass is 469 g/mol. The minimum Gasteiger partial charge on any atom is -0.317 e. The van der Waals surface area contributed by atoms with E-state index in [1.807, 2.05) is 6.20 Å². The summed E-state index contributed by atoms with van der Waals surface area (Å²) in [7, 11) is 0. The third-order valence-corrected chi connectivity index (χ3v) is 7.93. The predicted octanol–water partition coefficient (Wildman–Crippen LogP) is 10.3. The Labute approximate surface area is 214 Å². The molecule has 0 N–H and O–H groups in total. The molecule has 0 aliphatic carbocycles. The van der Waals surface area contributed by atoms with Gasteiger partial charge in [0.1, 0.15) is 0 Å². The van der Waals surface area contributed by atoms with Crippen molar-refractivity contribution >= 4 is 76.0 Å². The third-order valence-electron chi connectivity index (χ3n) is 7.93. The van der Waals surface area contributed by atoms with E-state index < -0.39 is 0 Å². The number of hydrogen-bond donors (Lipinski definition) is 0. The molecule has 1 heteroatoms. The molecule has 0 atom stereocenters. The minimum absolute atomic E-state index is 1.14. The fraction of sp³-hybridized carbons (Fsp3) is 0. The van der Waals surface area contributed by atoms with Crippen LogP contribution < -0.4 is 4.90 Å². The number of fused-ring (bicyclic) bond motifs is 4. The van der Waals surface area contributed by atoms with Gasteiger partial charge in [-0.05, 0) is 78.1 Å². The maximum atomic E-state index is 4.26. The van der Waals surface area contributed by atoms with Gasteiger partial charge in [-0.3, -0.25) is 0 Å². The standard InChI is InChI=1S/C36H23N/c1-2-37(33-18-7-13-26-21-24-9-3-4-10-25(24)22-32(26)33)34-20-19-30-28-15-6-12-23-11-5-14-27(35(23)28)29-16-8-17-31(34)36(29)30/h2-22H,1H2.